The van der Waals surface area contributed by atoms with Crippen molar-refractivity contribution >= 4 is 12.1 Å². The van der Waals surface area contributed by atoms with Crippen LogP contribution in [0.2, 0.25) is 0 Å². The molecule has 1 fully saturated rings. The number of hydrogen-bond acceptors (Lipinski definition) is 4. The molecule has 21 heavy (non-hydrogen) atoms. The van der Waals surface area contributed by atoms with Crippen molar-refractivity contribution in [1.29, 1.82) is 0 Å². The van der Waals surface area contributed by atoms with Gasteiger partial charge >= 0.3 is 12.1 Å². The lowest BCUT2D eigenvalue weighted by Gasteiger charge is -2.14. The Morgan fingerprint density at radius 2 is 2.10 bits per heavy atom. The lowest BCUT2D eigenvalue weighted by Crippen LogP contribution is -2.32. The van der Waals surface area contributed by atoms with E-state index in [4.69, 9.17) is 9.84 Å². The van der Waals surface area contributed by atoms with Gasteiger partial charge in [-0.2, -0.15) is 0 Å². The minimum Gasteiger partial charge on any atom is -0.480 e. The molecule has 2 N–H and O–H groups in total. The Hall–Kier alpha value is -2.08. The summed E-state index contributed by atoms with van der Waals surface area (Å²) in [5, 5.41) is 11.5. The van der Waals surface area contributed by atoms with Gasteiger partial charge in [-0.05, 0) is 24.4 Å². The van der Waals surface area contributed by atoms with Crippen molar-refractivity contribution in [2.75, 3.05) is 26.2 Å². The smallest absolute Gasteiger partial charge is 0.407 e. The number of carboxylic acid groups (broad SMARTS) is 1. The Balaban J connectivity index is 1.62. The normalized spacial score (nSPS) is 18.4. The van der Waals surface area contributed by atoms with Gasteiger partial charge in [0.1, 0.15) is 6.61 Å². The highest BCUT2D eigenvalue weighted by atomic mass is 16.5. The van der Waals surface area contributed by atoms with Crippen LogP contribution >= 0.6 is 0 Å². The van der Waals surface area contributed by atoms with Crippen molar-refractivity contribution in [2.45, 2.75) is 13.0 Å². The number of nitrogens with zero attached hydrogens (tertiary/aromatic N) is 1. The Labute approximate surface area is 123 Å². The Bertz CT molecular complexity index is 478. The number of carbonyl (C=O) groups is 2. The molecule has 1 aliphatic heterocycles. The van der Waals surface area contributed by atoms with Gasteiger partial charge in [-0.15, -0.1) is 0 Å². The summed E-state index contributed by atoms with van der Waals surface area (Å²) in [6.45, 7) is 2.30. The molecule has 1 atom stereocenters. The molecule has 114 valence electrons. The number of benzene rings is 1. The molecule has 2 rings (SSSR count). The van der Waals surface area contributed by atoms with Crippen molar-refractivity contribution in [3.8, 4) is 0 Å². The molecule has 1 aromatic carbocycles. The SMILES string of the molecule is O=C(O)CN1CC[C@@H](CNC(=O)OCc2ccccc2)C1. The third-order valence-electron chi connectivity index (χ3n) is 3.48. The van der Waals surface area contributed by atoms with Gasteiger partial charge in [-0.1, -0.05) is 30.3 Å². The van der Waals surface area contributed by atoms with Crippen LogP contribution in [0.4, 0.5) is 4.79 Å². The molecule has 6 heteroatoms. The van der Waals surface area contributed by atoms with Crippen LogP contribution in [0.3, 0.4) is 0 Å². The van der Waals surface area contributed by atoms with E-state index in [0.717, 1.165) is 18.5 Å². The van der Waals surface area contributed by atoms with Crippen molar-refractivity contribution in [3.63, 3.8) is 0 Å². The van der Waals surface area contributed by atoms with E-state index >= 15 is 0 Å². The first-order chi connectivity index (χ1) is 10.1. The maximum Gasteiger partial charge on any atom is 0.407 e. The van der Waals surface area contributed by atoms with Gasteiger partial charge in [-0.25, -0.2) is 4.79 Å². The maximum atomic E-state index is 11.6. The molecule has 0 unspecified atom stereocenters. The fraction of sp³-hybridized carbons (Fsp3) is 0.467. The van der Waals surface area contributed by atoms with Crippen LogP contribution in [0.15, 0.2) is 30.3 Å². The maximum absolute atomic E-state index is 11.6. The summed E-state index contributed by atoms with van der Waals surface area (Å²) in [5.41, 5.74) is 0.946. The molecular weight excluding hydrogens is 272 g/mol. The van der Waals surface area contributed by atoms with Gasteiger partial charge in [0.05, 0.1) is 6.54 Å². The predicted octanol–water partition coefficient (Wildman–Crippen LogP) is 1.32. The molecule has 0 bridgehead atoms. The van der Waals surface area contributed by atoms with E-state index in [1.54, 1.807) is 0 Å². The molecule has 0 spiro atoms. The van der Waals surface area contributed by atoms with Crippen LogP contribution < -0.4 is 5.32 Å². The van der Waals surface area contributed by atoms with Gasteiger partial charge in [-0.3, -0.25) is 9.69 Å². The molecule has 0 radical (unpaired) electrons. The zero-order valence-electron chi connectivity index (χ0n) is 11.8. The molecule has 0 saturated carbocycles. The highest BCUT2D eigenvalue weighted by Crippen LogP contribution is 2.14. The number of nitrogens with one attached hydrogen (secondary N) is 1. The van der Waals surface area contributed by atoms with E-state index in [-0.39, 0.29) is 19.1 Å². The zero-order valence-corrected chi connectivity index (χ0v) is 11.8. The van der Waals surface area contributed by atoms with E-state index in [1.807, 2.05) is 35.2 Å². The van der Waals surface area contributed by atoms with Crippen molar-refractivity contribution in [3.05, 3.63) is 35.9 Å². The molecule has 0 aliphatic carbocycles. The van der Waals surface area contributed by atoms with Crippen molar-refractivity contribution < 1.29 is 19.4 Å². The van der Waals surface area contributed by atoms with Gasteiger partial charge < -0.3 is 15.2 Å². The fourth-order valence-electron chi connectivity index (χ4n) is 2.42. The molecular formula is C15H20N2O4. The molecule has 1 heterocycles. The van der Waals surface area contributed by atoms with Crippen LogP contribution in [0, 0.1) is 5.92 Å². The van der Waals surface area contributed by atoms with Crippen LogP contribution in [0.1, 0.15) is 12.0 Å². The van der Waals surface area contributed by atoms with E-state index < -0.39 is 12.1 Å². The fourth-order valence-corrected chi connectivity index (χ4v) is 2.42. The minimum absolute atomic E-state index is 0.0644. The second-order valence-corrected chi connectivity index (χ2v) is 5.23. The summed E-state index contributed by atoms with van der Waals surface area (Å²) in [6.07, 6.45) is 0.460. The summed E-state index contributed by atoms with van der Waals surface area (Å²) in [6, 6.07) is 9.49. The number of alkyl carbamates (subject to hydrolysis) is 1. The number of amides is 1. The van der Waals surface area contributed by atoms with E-state index in [0.29, 0.717) is 13.1 Å². The molecule has 1 aliphatic rings. The quantitative estimate of drug-likeness (QED) is 0.826. The average molecular weight is 292 g/mol. The number of carbonyl (C=O) groups excluding carboxylic acids is 1. The summed E-state index contributed by atoms with van der Waals surface area (Å²) in [7, 11) is 0. The Morgan fingerprint density at radius 3 is 2.81 bits per heavy atom. The first-order valence-corrected chi connectivity index (χ1v) is 7.02. The average Bonchev–Trinajstić information content (AvgIpc) is 2.91. The number of rotatable bonds is 6. The number of hydrogen-bond donors (Lipinski definition) is 2. The Morgan fingerprint density at radius 1 is 1.33 bits per heavy atom. The summed E-state index contributed by atoms with van der Waals surface area (Å²) in [4.78, 5) is 24.1. The van der Waals surface area contributed by atoms with E-state index in [9.17, 15) is 9.59 Å². The zero-order chi connectivity index (χ0) is 15.1. The largest absolute Gasteiger partial charge is 0.480 e. The van der Waals surface area contributed by atoms with Crippen LogP contribution in [-0.4, -0.2) is 48.2 Å². The molecule has 0 aromatic heterocycles. The van der Waals surface area contributed by atoms with Crippen LogP contribution in [0.25, 0.3) is 0 Å². The number of likely N-dealkylation sites (tertiary alicyclic amines) is 1. The number of ether oxygens (including phenoxy) is 1. The monoisotopic (exact) mass is 292 g/mol. The topological polar surface area (TPSA) is 78.9 Å². The summed E-state index contributed by atoms with van der Waals surface area (Å²) in [5.74, 6) is -0.528. The van der Waals surface area contributed by atoms with Gasteiger partial charge in [0.25, 0.3) is 0 Å². The predicted molar refractivity (Wildman–Crippen MR) is 76.8 cm³/mol. The summed E-state index contributed by atoms with van der Waals surface area (Å²) >= 11 is 0. The second-order valence-electron chi connectivity index (χ2n) is 5.23. The number of carboxylic acids is 1. The van der Waals surface area contributed by atoms with Gasteiger partial charge in [0.2, 0.25) is 0 Å². The highest BCUT2D eigenvalue weighted by Gasteiger charge is 2.24. The summed E-state index contributed by atoms with van der Waals surface area (Å²) < 4.78 is 5.12. The lowest BCUT2D eigenvalue weighted by molar-refractivity contribution is -0.138. The van der Waals surface area contributed by atoms with Crippen molar-refractivity contribution in [2.24, 2.45) is 5.92 Å². The van der Waals surface area contributed by atoms with Crippen LogP contribution in [0.5, 0.6) is 0 Å². The minimum atomic E-state index is -0.814. The van der Waals surface area contributed by atoms with Gasteiger partial charge in [0.15, 0.2) is 0 Å². The van der Waals surface area contributed by atoms with E-state index in [2.05, 4.69) is 5.32 Å². The molecule has 1 saturated heterocycles. The van der Waals surface area contributed by atoms with Crippen molar-refractivity contribution in [1.82, 2.24) is 10.2 Å². The Kier molecular flexibility index (Phi) is 5.57. The number of aliphatic carboxylic acids is 1. The lowest BCUT2D eigenvalue weighted by atomic mass is 10.1. The first kappa shape index (κ1) is 15.3. The molecule has 6 nitrogen and oxygen atoms in total. The molecule has 1 aromatic rings. The third kappa shape index (κ3) is 5.43. The highest BCUT2D eigenvalue weighted by molar-refractivity contribution is 5.69. The van der Waals surface area contributed by atoms with E-state index in [1.165, 1.54) is 0 Å². The van der Waals surface area contributed by atoms with Gasteiger partial charge in [0, 0.05) is 13.1 Å². The first-order valence-electron chi connectivity index (χ1n) is 7.02. The second kappa shape index (κ2) is 7.64. The third-order valence-corrected chi connectivity index (χ3v) is 3.48. The van der Waals surface area contributed by atoms with Crippen LogP contribution in [-0.2, 0) is 16.1 Å². The standard InChI is InChI=1S/C15H20N2O4/c18-14(19)10-17-7-6-13(9-17)8-16-15(20)21-11-12-4-2-1-3-5-12/h1-5,13H,6-11H2,(H,16,20)(H,18,19)/t13-/m0/s1. The molecule has 1 amide bonds.